The number of nitrogens with one attached hydrogen (secondary N) is 1. The molecule has 1 aromatic heterocycles. The van der Waals surface area contributed by atoms with Gasteiger partial charge in [-0.2, -0.15) is 18.2 Å². The van der Waals surface area contributed by atoms with Crippen LogP contribution in [0.4, 0.5) is 24.9 Å². The lowest BCUT2D eigenvalue weighted by Gasteiger charge is -2.33. The molecule has 2 aliphatic carbocycles. The molecule has 8 heteroatoms. The Bertz CT molecular complexity index is 922. The molecule has 1 aromatic carbocycles. The lowest BCUT2D eigenvalue weighted by atomic mass is 9.95. The van der Waals surface area contributed by atoms with E-state index in [1.807, 2.05) is 0 Å². The van der Waals surface area contributed by atoms with Crippen molar-refractivity contribution in [1.29, 1.82) is 0 Å². The van der Waals surface area contributed by atoms with E-state index in [0.29, 0.717) is 23.5 Å². The Morgan fingerprint density at radius 2 is 1.74 bits per heavy atom. The third-order valence-electron chi connectivity index (χ3n) is 7.15. The van der Waals surface area contributed by atoms with Gasteiger partial charge in [-0.3, -0.25) is 0 Å². The number of benzene rings is 1. The first-order valence-corrected chi connectivity index (χ1v) is 11.1. The smallest absolute Gasteiger partial charge is 0.366 e. The first-order valence-electron chi connectivity index (χ1n) is 11.1. The fraction of sp³-hybridized carbons (Fsp3) is 0.565. The van der Waals surface area contributed by atoms with Crippen LogP contribution in [0.15, 0.2) is 30.5 Å². The van der Waals surface area contributed by atoms with E-state index >= 15 is 0 Å². The maximum atomic E-state index is 13.0. The van der Waals surface area contributed by atoms with Gasteiger partial charge in [-0.25, -0.2) is 4.98 Å². The number of piperazine rings is 1. The standard InChI is InChI=1S/C23H28F3N5/c1-30-8-10-31(11-9-30)22-27-14-19(16-4-6-18(7-5-16)23(24,25)26)21(29-22)28-20-13-15-2-3-17(20)12-15/h4-7,14-15,17,20H,2-3,8-13H2,1H3,(H,27,28,29)/t15-,17+,20-/m1/s1. The van der Waals surface area contributed by atoms with E-state index < -0.39 is 11.7 Å². The summed E-state index contributed by atoms with van der Waals surface area (Å²) in [4.78, 5) is 13.9. The molecule has 0 spiro atoms. The second-order valence-electron chi connectivity index (χ2n) is 9.22. The quantitative estimate of drug-likeness (QED) is 0.772. The summed E-state index contributed by atoms with van der Waals surface area (Å²) in [6, 6.07) is 5.67. The fourth-order valence-electron chi connectivity index (χ4n) is 5.29. The molecule has 1 aliphatic heterocycles. The van der Waals surface area contributed by atoms with E-state index in [9.17, 15) is 13.2 Å². The van der Waals surface area contributed by atoms with Gasteiger partial charge in [-0.1, -0.05) is 18.6 Å². The van der Waals surface area contributed by atoms with Crippen molar-refractivity contribution in [1.82, 2.24) is 14.9 Å². The molecular formula is C23H28F3N5. The zero-order valence-corrected chi connectivity index (χ0v) is 17.7. The van der Waals surface area contributed by atoms with Crippen molar-refractivity contribution in [3.63, 3.8) is 0 Å². The van der Waals surface area contributed by atoms with Crippen molar-refractivity contribution in [3.05, 3.63) is 36.0 Å². The lowest BCUT2D eigenvalue weighted by Crippen LogP contribution is -2.45. The Hall–Kier alpha value is -2.35. The highest BCUT2D eigenvalue weighted by Gasteiger charge is 2.40. The van der Waals surface area contributed by atoms with Gasteiger partial charge in [0.05, 0.1) is 5.56 Å². The zero-order chi connectivity index (χ0) is 21.6. The zero-order valence-electron chi connectivity index (χ0n) is 17.7. The van der Waals surface area contributed by atoms with Gasteiger partial charge in [-0.05, 0) is 55.8 Å². The highest BCUT2D eigenvalue weighted by molar-refractivity contribution is 5.75. The van der Waals surface area contributed by atoms with Crippen LogP contribution in [0.5, 0.6) is 0 Å². The molecule has 2 heterocycles. The Kier molecular flexibility index (Phi) is 5.28. The van der Waals surface area contributed by atoms with Crippen LogP contribution in [0.3, 0.4) is 0 Å². The minimum absolute atomic E-state index is 0.377. The molecular weight excluding hydrogens is 403 g/mol. The van der Waals surface area contributed by atoms with Gasteiger partial charge >= 0.3 is 6.18 Å². The lowest BCUT2D eigenvalue weighted by molar-refractivity contribution is -0.137. The van der Waals surface area contributed by atoms with Crippen LogP contribution in [0, 0.1) is 11.8 Å². The summed E-state index contributed by atoms with van der Waals surface area (Å²) in [5, 5.41) is 3.66. The summed E-state index contributed by atoms with van der Waals surface area (Å²) in [6.07, 6.45) is 2.39. The summed E-state index contributed by atoms with van der Waals surface area (Å²) in [5.74, 6) is 2.87. The van der Waals surface area contributed by atoms with Gasteiger partial charge < -0.3 is 15.1 Å². The van der Waals surface area contributed by atoms with Crippen LogP contribution >= 0.6 is 0 Å². The van der Waals surface area contributed by atoms with Crippen LogP contribution in [0.25, 0.3) is 11.1 Å². The maximum absolute atomic E-state index is 13.0. The van der Waals surface area contributed by atoms with Crippen LogP contribution in [-0.2, 0) is 6.18 Å². The number of anilines is 2. The molecule has 31 heavy (non-hydrogen) atoms. The Balaban J connectivity index is 1.46. The molecule has 3 fully saturated rings. The second-order valence-corrected chi connectivity index (χ2v) is 9.22. The van der Waals surface area contributed by atoms with Gasteiger partial charge in [-0.15, -0.1) is 0 Å². The van der Waals surface area contributed by atoms with Crippen LogP contribution in [0.1, 0.15) is 31.2 Å². The first-order chi connectivity index (χ1) is 14.9. The fourth-order valence-corrected chi connectivity index (χ4v) is 5.29. The maximum Gasteiger partial charge on any atom is 0.416 e. The molecule has 0 radical (unpaired) electrons. The highest BCUT2D eigenvalue weighted by Crippen LogP contribution is 2.46. The molecule has 1 N–H and O–H groups in total. The minimum atomic E-state index is -4.34. The summed E-state index contributed by atoms with van der Waals surface area (Å²) in [6.45, 7) is 3.64. The summed E-state index contributed by atoms with van der Waals surface area (Å²) in [5.41, 5.74) is 0.812. The number of alkyl halides is 3. The first kappa shape index (κ1) is 20.5. The van der Waals surface area contributed by atoms with Gasteiger partial charge in [0.15, 0.2) is 0 Å². The van der Waals surface area contributed by atoms with Crippen molar-refractivity contribution >= 4 is 11.8 Å². The number of likely N-dealkylation sites (N-methyl/N-ethyl adjacent to an activating group) is 1. The number of nitrogens with zero attached hydrogens (tertiary/aromatic N) is 4. The van der Waals surface area contributed by atoms with Gasteiger partial charge in [0.25, 0.3) is 0 Å². The van der Waals surface area contributed by atoms with Crippen LogP contribution < -0.4 is 10.2 Å². The van der Waals surface area contributed by atoms with Gasteiger partial charge in [0, 0.05) is 44.0 Å². The Labute approximate surface area is 180 Å². The highest BCUT2D eigenvalue weighted by atomic mass is 19.4. The molecule has 1 saturated heterocycles. The summed E-state index contributed by atoms with van der Waals surface area (Å²) < 4.78 is 39.0. The largest absolute Gasteiger partial charge is 0.416 e. The van der Waals surface area contributed by atoms with Crippen molar-refractivity contribution in [2.24, 2.45) is 11.8 Å². The third kappa shape index (κ3) is 4.22. The van der Waals surface area contributed by atoms with E-state index in [-0.39, 0.29) is 0 Å². The average molecular weight is 432 g/mol. The van der Waals surface area contributed by atoms with E-state index in [1.165, 1.54) is 31.4 Å². The van der Waals surface area contributed by atoms with E-state index in [0.717, 1.165) is 62.0 Å². The van der Waals surface area contributed by atoms with E-state index in [4.69, 9.17) is 4.98 Å². The molecule has 5 rings (SSSR count). The molecule has 0 amide bonds. The minimum Gasteiger partial charge on any atom is -0.366 e. The van der Waals surface area contributed by atoms with Crippen molar-refractivity contribution in [3.8, 4) is 11.1 Å². The van der Waals surface area contributed by atoms with E-state index in [1.54, 1.807) is 6.20 Å². The molecule has 0 unspecified atom stereocenters. The molecule has 166 valence electrons. The third-order valence-corrected chi connectivity index (χ3v) is 7.15. The molecule has 2 bridgehead atoms. The van der Waals surface area contributed by atoms with Crippen LogP contribution in [0.2, 0.25) is 0 Å². The average Bonchev–Trinajstić information content (AvgIpc) is 3.37. The summed E-state index contributed by atoms with van der Waals surface area (Å²) >= 11 is 0. The Morgan fingerprint density at radius 3 is 2.35 bits per heavy atom. The van der Waals surface area contributed by atoms with Gasteiger partial charge in [0.1, 0.15) is 5.82 Å². The summed E-state index contributed by atoms with van der Waals surface area (Å²) in [7, 11) is 2.11. The van der Waals surface area contributed by atoms with Crippen molar-refractivity contribution in [2.45, 2.75) is 37.9 Å². The Morgan fingerprint density at radius 1 is 1.00 bits per heavy atom. The topological polar surface area (TPSA) is 44.3 Å². The monoisotopic (exact) mass is 431 g/mol. The number of hydrogen-bond acceptors (Lipinski definition) is 5. The number of fused-ring (bicyclic) bond motifs is 2. The number of hydrogen-bond donors (Lipinski definition) is 1. The molecule has 5 nitrogen and oxygen atoms in total. The molecule has 2 aromatic rings. The van der Waals surface area contributed by atoms with E-state index in [2.05, 4.69) is 27.1 Å². The molecule has 3 aliphatic rings. The normalized spacial score (nSPS) is 26.5. The van der Waals surface area contributed by atoms with Crippen LogP contribution in [-0.4, -0.2) is 54.1 Å². The van der Waals surface area contributed by atoms with Crippen molar-refractivity contribution in [2.75, 3.05) is 43.4 Å². The number of rotatable bonds is 4. The number of aromatic nitrogens is 2. The SMILES string of the molecule is CN1CCN(c2ncc(-c3ccc(C(F)(F)F)cc3)c(N[C@@H]3C[C@@H]4CC[C@H]3C4)n2)CC1. The van der Waals surface area contributed by atoms with Gasteiger partial charge in [0.2, 0.25) is 5.95 Å². The predicted octanol–water partition coefficient (Wildman–Crippen LogP) is 4.51. The van der Waals surface area contributed by atoms with Crippen molar-refractivity contribution < 1.29 is 13.2 Å². The number of halogens is 3. The molecule has 3 atom stereocenters. The predicted molar refractivity (Wildman–Crippen MR) is 115 cm³/mol. The molecule has 2 saturated carbocycles. The second kappa shape index (κ2) is 7.97.